The summed E-state index contributed by atoms with van der Waals surface area (Å²) in [7, 11) is 0. The number of aromatic carboxylic acids is 1. The second-order valence-electron chi connectivity index (χ2n) is 8.33. The lowest BCUT2D eigenvalue weighted by Gasteiger charge is -2.23. The highest BCUT2D eigenvalue weighted by molar-refractivity contribution is 6.04. The SMILES string of the molecule is CC[C@H](NC(=O)OCC1c2ccccc2-c2ccccc21)C(=O)N1CCn2ncc(C(=O)O)c21. The van der Waals surface area contributed by atoms with Crippen LogP contribution in [-0.4, -0.2) is 52.1 Å². The number of carboxylic acids is 1. The van der Waals surface area contributed by atoms with Crippen LogP contribution in [0.1, 0.15) is 40.7 Å². The topological polar surface area (TPSA) is 114 Å². The lowest BCUT2D eigenvalue weighted by atomic mass is 9.98. The molecule has 0 spiro atoms. The molecule has 174 valence electrons. The number of anilines is 1. The van der Waals surface area contributed by atoms with Gasteiger partial charge in [-0.3, -0.25) is 9.69 Å². The van der Waals surface area contributed by atoms with Crippen molar-refractivity contribution in [3.63, 3.8) is 0 Å². The minimum atomic E-state index is -1.15. The number of rotatable bonds is 6. The third-order valence-corrected chi connectivity index (χ3v) is 6.44. The lowest BCUT2D eigenvalue weighted by Crippen LogP contribution is -2.48. The van der Waals surface area contributed by atoms with E-state index in [1.54, 1.807) is 6.92 Å². The van der Waals surface area contributed by atoms with Gasteiger partial charge in [-0.15, -0.1) is 0 Å². The van der Waals surface area contributed by atoms with Crippen molar-refractivity contribution in [2.45, 2.75) is 31.8 Å². The summed E-state index contributed by atoms with van der Waals surface area (Å²) in [5.74, 6) is -1.39. The summed E-state index contributed by atoms with van der Waals surface area (Å²) >= 11 is 0. The first-order chi connectivity index (χ1) is 16.5. The van der Waals surface area contributed by atoms with E-state index in [9.17, 15) is 19.5 Å². The molecule has 0 radical (unpaired) electrons. The molecule has 1 aliphatic carbocycles. The van der Waals surface area contributed by atoms with Crippen molar-refractivity contribution in [2.75, 3.05) is 18.1 Å². The van der Waals surface area contributed by atoms with E-state index in [1.807, 2.05) is 36.4 Å². The van der Waals surface area contributed by atoms with E-state index >= 15 is 0 Å². The number of nitrogens with one attached hydrogen (secondary N) is 1. The van der Waals surface area contributed by atoms with Gasteiger partial charge in [0.2, 0.25) is 0 Å². The number of benzene rings is 2. The van der Waals surface area contributed by atoms with Crippen LogP contribution in [0, 0.1) is 0 Å². The molecule has 5 rings (SSSR count). The summed E-state index contributed by atoms with van der Waals surface area (Å²) < 4.78 is 7.06. The number of hydrogen-bond donors (Lipinski definition) is 2. The molecule has 34 heavy (non-hydrogen) atoms. The van der Waals surface area contributed by atoms with Crippen LogP contribution in [-0.2, 0) is 16.1 Å². The number of nitrogens with zero attached hydrogens (tertiary/aromatic N) is 3. The smallest absolute Gasteiger partial charge is 0.407 e. The van der Waals surface area contributed by atoms with E-state index in [0.717, 1.165) is 22.3 Å². The molecule has 0 saturated carbocycles. The predicted molar refractivity (Wildman–Crippen MR) is 124 cm³/mol. The van der Waals surface area contributed by atoms with Gasteiger partial charge in [0.15, 0.2) is 0 Å². The Morgan fingerprint density at radius 2 is 1.74 bits per heavy atom. The first-order valence-electron chi connectivity index (χ1n) is 11.2. The fraction of sp³-hybridized carbons (Fsp3) is 0.280. The summed E-state index contributed by atoms with van der Waals surface area (Å²) in [6, 6.07) is 15.3. The number of ether oxygens (including phenoxy) is 1. The van der Waals surface area contributed by atoms with Crippen molar-refractivity contribution < 1.29 is 24.2 Å². The molecule has 2 amide bonds. The molecular weight excluding hydrogens is 436 g/mol. The number of hydrogen-bond acceptors (Lipinski definition) is 5. The Labute approximate surface area is 195 Å². The molecule has 1 aliphatic heterocycles. The Morgan fingerprint density at radius 1 is 1.09 bits per heavy atom. The van der Waals surface area contributed by atoms with Crippen LogP contribution in [0.25, 0.3) is 11.1 Å². The molecule has 3 aromatic rings. The van der Waals surface area contributed by atoms with Gasteiger partial charge in [0, 0.05) is 12.5 Å². The average Bonchev–Trinajstić information content (AvgIpc) is 3.53. The Bertz CT molecular complexity index is 1240. The fourth-order valence-electron chi connectivity index (χ4n) is 4.80. The van der Waals surface area contributed by atoms with Crippen LogP contribution < -0.4 is 10.2 Å². The maximum Gasteiger partial charge on any atom is 0.407 e. The highest BCUT2D eigenvalue weighted by Crippen LogP contribution is 2.44. The maximum absolute atomic E-state index is 13.2. The number of alkyl carbamates (subject to hydrolysis) is 1. The van der Waals surface area contributed by atoms with Crippen molar-refractivity contribution >= 4 is 23.8 Å². The molecule has 2 aromatic carbocycles. The third-order valence-electron chi connectivity index (χ3n) is 6.44. The fourth-order valence-corrected chi connectivity index (χ4v) is 4.80. The average molecular weight is 460 g/mol. The predicted octanol–water partition coefficient (Wildman–Crippen LogP) is 3.25. The molecule has 1 aromatic heterocycles. The van der Waals surface area contributed by atoms with Gasteiger partial charge in [0.1, 0.15) is 24.0 Å². The van der Waals surface area contributed by atoms with Crippen LogP contribution in [0.4, 0.5) is 10.6 Å². The van der Waals surface area contributed by atoms with Gasteiger partial charge in [-0.1, -0.05) is 55.5 Å². The van der Waals surface area contributed by atoms with Crippen molar-refractivity contribution in [3.05, 3.63) is 71.4 Å². The lowest BCUT2D eigenvalue weighted by molar-refractivity contribution is -0.120. The van der Waals surface area contributed by atoms with Crippen LogP contribution in [0.3, 0.4) is 0 Å². The standard InChI is InChI=1S/C25H24N4O5/c1-2-21(23(30)28-11-12-29-22(28)19(13-26-29)24(31)32)27-25(33)34-14-20-17-9-5-3-7-15(17)16-8-4-6-10-18(16)20/h3-10,13,20-21H,2,11-12,14H2,1H3,(H,27,33)(H,31,32)/t21-/m0/s1. The Kier molecular flexibility index (Phi) is 5.53. The highest BCUT2D eigenvalue weighted by Gasteiger charge is 2.35. The van der Waals surface area contributed by atoms with E-state index < -0.39 is 24.0 Å². The van der Waals surface area contributed by atoms with Crippen LogP contribution in [0.2, 0.25) is 0 Å². The second-order valence-corrected chi connectivity index (χ2v) is 8.33. The minimum Gasteiger partial charge on any atom is -0.477 e. The van der Waals surface area contributed by atoms with Crippen LogP contribution in [0.15, 0.2) is 54.7 Å². The maximum atomic E-state index is 13.2. The normalized spacial score (nSPS) is 14.8. The Hall–Kier alpha value is -4.14. The minimum absolute atomic E-state index is 0.0400. The largest absolute Gasteiger partial charge is 0.477 e. The molecule has 1 atom stereocenters. The van der Waals surface area contributed by atoms with E-state index in [2.05, 4.69) is 22.5 Å². The van der Waals surface area contributed by atoms with E-state index in [-0.39, 0.29) is 23.9 Å². The Balaban J connectivity index is 1.27. The Morgan fingerprint density at radius 3 is 2.35 bits per heavy atom. The first kappa shape index (κ1) is 21.7. The number of carbonyl (C=O) groups is 3. The molecule has 2 aliphatic rings. The van der Waals surface area contributed by atoms with Gasteiger partial charge in [-0.2, -0.15) is 5.10 Å². The van der Waals surface area contributed by atoms with Crippen molar-refractivity contribution in [3.8, 4) is 11.1 Å². The molecule has 9 heteroatoms. The third kappa shape index (κ3) is 3.59. The van der Waals surface area contributed by atoms with Crippen molar-refractivity contribution in [2.24, 2.45) is 0 Å². The number of carboxylic acid groups (broad SMARTS) is 1. The second kappa shape index (κ2) is 8.66. The van der Waals surface area contributed by atoms with Gasteiger partial charge in [-0.25, -0.2) is 14.3 Å². The molecule has 9 nitrogen and oxygen atoms in total. The quantitative estimate of drug-likeness (QED) is 0.584. The van der Waals surface area contributed by atoms with Crippen molar-refractivity contribution in [1.29, 1.82) is 0 Å². The number of amides is 2. The van der Waals surface area contributed by atoms with Gasteiger partial charge in [-0.05, 0) is 28.7 Å². The number of aromatic nitrogens is 2. The molecular formula is C25H24N4O5. The van der Waals surface area contributed by atoms with Crippen LogP contribution in [0.5, 0.6) is 0 Å². The number of carbonyl (C=O) groups excluding carboxylic acids is 2. The van der Waals surface area contributed by atoms with Gasteiger partial charge < -0.3 is 15.2 Å². The molecule has 0 saturated heterocycles. The summed E-state index contributed by atoms with van der Waals surface area (Å²) in [6.45, 7) is 2.61. The zero-order valence-electron chi connectivity index (χ0n) is 18.6. The van der Waals surface area contributed by atoms with Crippen molar-refractivity contribution in [1.82, 2.24) is 15.1 Å². The molecule has 2 heterocycles. The summed E-state index contributed by atoms with van der Waals surface area (Å²) in [6.07, 6.45) is 0.876. The summed E-state index contributed by atoms with van der Waals surface area (Å²) in [5.41, 5.74) is 4.43. The number of fused-ring (bicyclic) bond motifs is 4. The molecule has 0 fully saturated rings. The molecule has 0 unspecified atom stereocenters. The van der Waals surface area contributed by atoms with E-state index in [4.69, 9.17) is 4.74 Å². The zero-order chi connectivity index (χ0) is 23.8. The highest BCUT2D eigenvalue weighted by atomic mass is 16.5. The van der Waals surface area contributed by atoms with Gasteiger partial charge >= 0.3 is 12.1 Å². The summed E-state index contributed by atoms with van der Waals surface area (Å²) in [4.78, 5) is 38.7. The van der Waals surface area contributed by atoms with Crippen LogP contribution >= 0.6 is 0 Å². The monoisotopic (exact) mass is 460 g/mol. The molecule has 2 N–H and O–H groups in total. The van der Waals surface area contributed by atoms with E-state index in [1.165, 1.54) is 15.8 Å². The van der Waals surface area contributed by atoms with E-state index in [0.29, 0.717) is 19.5 Å². The first-order valence-corrected chi connectivity index (χ1v) is 11.2. The molecule has 0 bridgehead atoms. The van der Waals surface area contributed by atoms with Gasteiger partial charge in [0.05, 0.1) is 12.7 Å². The van der Waals surface area contributed by atoms with Gasteiger partial charge in [0.25, 0.3) is 5.91 Å². The zero-order valence-corrected chi connectivity index (χ0v) is 18.6. The summed E-state index contributed by atoms with van der Waals surface area (Å²) in [5, 5.41) is 16.1.